The van der Waals surface area contributed by atoms with E-state index in [1.165, 1.54) is 0 Å². The van der Waals surface area contributed by atoms with E-state index in [2.05, 4.69) is 0 Å². The Hall–Kier alpha value is -2.97. The molecule has 0 aromatic heterocycles. The Morgan fingerprint density at radius 2 is 1.33 bits per heavy atom. The zero-order chi connectivity index (χ0) is 22.1. The van der Waals surface area contributed by atoms with Gasteiger partial charge in [0, 0.05) is 5.56 Å². The maximum Gasteiger partial charge on any atom is 0.321 e. The van der Waals surface area contributed by atoms with Gasteiger partial charge in [0.1, 0.15) is 12.5 Å². The molecule has 0 aliphatic heterocycles. The van der Waals surface area contributed by atoms with E-state index in [1.807, 2.05) is 81.4 Å². The van der Waals surface area contributed by atoms with Crippen molar-refractivity contribution in [1.29, 1.82) is 0 Å². The number of benzene rings is 3. The summed E-state index contributed by atoms with van der Waals surface area (Å²) >= 11 is 0. The summed E-state index contributed by atoms with van der Waals surface area (Å²) in [5.41, 5.74) is 4.96. The Labute approximate surface area is 179 Å². The number of carbonyl (C=O) groups excluding carboxylic acids is 2. The third-order valence-corrected chi connectivity index (χ3v) is 4.78. The first-order valence-corrected chi connectivity index (χ1v) is 10.2. The van der Waals surface area contributed by atoms with Crippen LogP contribution in [0.4, 0.5) is 0 Å². The van der Waals surface area contributed by atoms with Crippen molar-refractivity contribution in [1.82, 2.24) is 0 Å². The van der Waals surface area contributed by atoms with E-state index in [0.29, 0.717) is 20.2 Å². The fraction of sp³-hybridized carbons (Fsp3) is 0.200. The highest BCUT2D eigenvalue weighted by molar-refractivity contribution is 7.00. The Balaban J connectivity index is 0.00000155. The van der Waals surface area contributed by atoms with E-state index >= 15 is 0 Å². The smallest absolute Gasteiger partial charge is 0.321 e. The van der Waals surface area contributed by atoms with Crippen LogP contribution in [0.2, 0.25) is 0 Å². The van der Waals surface area contributed by atoms with Gasteiger partial charge < -0.3 is 9.30 Å². The molecule has 156 valence electrons. The normalized spacial score (nSPS) is 11.2. The third kappa shape index (κ3) is 5.77. The minimum atomic E-state index is -0.981. The van der Waals surface area contributed by atoms with Gasteiger partial charge in [-0.15, -0.1) is 0 Å². The molecule has 2 unspecified atom stereocenters. The molecule has 0 aliphatic carbocycles. The van der Waals surface area contributed by atoms with E-state index in [0.717, 1.165) is 22.3 Å². The molecule has 0 N–H and O–H groups in total. The highest BCUT2D eigenvalue weighted by Crippen LogP contribution is 2.27. The van der Waals surface area contributed by atoms with Crippen LogP contribution in [0.25, 0.3) is 0 Å². The maximum atomic E-state index is 13.5. The summed E-state index contributed by atoms with van der Waals surface area (Å²) in [6, 6.07) is 22.5. The Kier molecular flexibility index (Phi) is 8.76. The van der Waals surface area contributed by atoms with Crippen LogP contribution in [0.3, 0.4) is 0 Å². The number of Topliss-reactive ketones (excluding diaryl/α,β-unsaturated/α-hetero) is 1. The van der Waals surface area contributed by atoms with Crippen LogP contribution in [0.5, 0.6) is 0 Å². The zero-order valence-corrected chi connectivity index (χ0v) is 19.0. The molecule has 3 aromatic rings. The van der Waals surface area contributed by atoms with Crippen LogP contribution < -0.4 is 0 Å². The Morgan fingerprint density at radius 1 is 0.833 bits per heavy atom. The molecule has 0 radical (unpaired) electrons. The van der Waals surface area contributed by atoms with Crippen molar-refractivity contribution in [3.63, 3.8) is 0 Å². The van der Waals surface area contributed by atoms with Crippen LogP contribution in [0.1, 0.15) is 44.1 Å². The van der Waals surface area contributed by atoms with Gasteiger partial charge in [-0.2, -0.15) is 0 Å². The first-order chi connectivity index (χ1) is 14.5. The predicted octanol–water partition coefficient (Wildman–Crippen LogP) is 5.26. The molecule has 0 spiro atoms. The van der Waals surface area contributed by atoms with Crippen molar-refractivity contribution in [2.45, 2.75) is 33.3 Å². The van der Waals surface area contributed by atoms with Gasteiger partial charge in [0.2, 0.25) is 0 Å². The number of hydrogen-bond donors (Lipinski definition) is 0. The lowest BCUT2D eigenvalue weighted by Gasteiger charge is -2.18. The first-order valence-electron chi connectivity index (χ1n) is 9.64. The molecule has 0 fully saturated rings. The van der Waals surface area contributed by atoms with Gasteiger partial charge in [-0.3, -0.25) is 9.59 Å². The standard InChI is InChI=1S/C25H24O3.H3OP/c1-17-14-18(2)22(19(3)15-17)24(26)23(21-12-8-5-9-13-21)25(27)28-16-20-10-6-4-7-11-20;1-2/h4-15,23H,16H2,1-3H3;2H3. The summed E-state index contributed by atoms with van der Waals surface area (Å²) in [6.45, 7) is 5.95. The van der Waals surface area contributed by atoms with Crippen molar-refractivity contribution in [3.8, 4) is 0 Å². The van der Waals surface area contributed by atoms with Crippen molar-refractivity contribution < 1.29 is 18.9 Å². The minimum absolute atomic E-state index is 0.141. The molecule has 0 amide bonds. The molecule has 5 heteroatoms. The Morgan fingerprint density at radius 3 is 1.87 bits per heavy atom. The number of aryl methyl sites for hydroxylation is 3. The molecular formula is C25H27O4P. The fourth-order valence-electron chi connectivity index (χ4n) is 3.57. The summed E-state index contributed by atoms with van der Waals surface area (Å²) in [7, 11) is 0.611. The molecule has 0 saturated carbocycles. The van der Waals surface area contributed by atoms with Gasteiger partial charge in [-0.25, -0.2) is 0 Å². The SMILES string of the molecule is Cc1cc(C)c(C(=O)C(C(=O)OCc2ccccc2)c2ccccc2)c(C)c1.O=[PH3]. The molecule has 30 heavy (non-hydrogen) atoms. The number of esters is 1. The van der Waals surface area contributed by atoms with Crippen LogP contribution in [-0.2, 0) is 20.7 Å². The third-order valence-electron chi connectivity index (χ3n) is 4.78. The molecule has 3 aromatic carbocycles. The summed E-state index contributed by atoms with van der Waals surface area (Å²) in [5, 5.41) is 0. The van der Waals surface area contributed by atoms with E-state index in [4.69, 9.17) is 9.30 Å². The van der Waals surface area contributed by atoms with E-state index in [9.17, 15) is 9.59 Å². The lowest BCUT2D eigenvalue weighted by molar-refractivity contribution is -0.145. The second-order valence-corrected chi connectivity index (χ2v) is 7.07. The highest BCUT2D eigenvalue weighted by Gasteiger charge is 2.32. The molecule has 0 bridgehead atoms. The topological polar surface area (TPSA) is 60.4 Å². The van der Waals surface area contributed by atoms with Crippen LogP contribution >= 0.6 is 9.12 Å². The van der Waals surface area contributed by atoms with Gasteiger partial charge in [0.25, 0.3) is 0 Å². The second-order valence-electron chi connectivity index (χ2n) is 7.07. The minimum Gasteiger partial charge on any atom is -0.460 e. The largest absolute Gasteiger partial charge is 0.460 e. The van der Waals surface area contributed by atoms with Crippen molar-refractivity contribution in [2.75, 3.05) is 0 Å². The number of ketones is 1. The molecular weight excluding hydrogens is 395 g/mol. The molecule has 2 atom stereocenters. The average molecular weight is 422 g/mol. The molecule has 4 nitrogen and oxygen atoms in total. The fourth-order valence-corrected chi connectivity index (χ4v) is 3.57. The van der Waals surface area contributed by atoms with Gasteiger partial charge in [-0.1, -0.05) is 78.4 Å². The first kappa shape index (κ1) is 23.3. The van der Waals surface area contributed by atoms with E-state index in [1.54, 1.807) is 12.1 Å². The summed E-state index contributed by atoms with van der Waals surface area (Å²) in [4.78, 5) is 26.4. The number of ether oxygens (including phenoxy) is 1. The number of hydrogen-bond acceptors (Lipinski definition) is 4. The summed E-state index contributed by atoms with van der Waals surface area (Å²) < 4.78 is 13.8. The van der Waals surface area contributed by atoms with Gasteiger partial charge in [0.05, 0.1) is 9.12 Å². The lowest BCUT2D eigenvalue weighted by Crippen LogP contribution is -2.25. The van der Waals surface area contributed by atoms with Gasteiger partial charge >= 0.3 is 5.97 Å². The Bertz CT molecular complexity index is 977. The van der Waals surface area contributed by atoms with Gasteiger partial charge in [0.15, 0.2) is 5.78 Å². The highest BCUT2D eigenvalue weighted by atomic mass is 31.0. The molecule has 0 heterocycles. The molecule has 0 saturated heterocycles. The molecule has 0 aliphatic rings. The quantitative estimate of drug-likeness (QED) is 0.235. The van der Waals surface area contributed by atoms with Crippen molar-refractivity contribution in [3.05, 3.63) is 106 Å². The summed E-state index contributed by atoms with van der Waals surface area (Å²) in [5.74, 6) is -1.73. The lowest BCUT2D eigenvalue weighted by atomic mass is 9.86. The second kappa shape index (κ2) is 11.3. The predicted molar refractivity (Wildman–Crippen MR) is 122 cm³/mol. The van der Waals surface area contributed by atoms with Crippen LogP contribution in [0.15, 0.2) is 72.8 Å². The monoisotopic (exact) mass is 422 g/mol. The number of rotatable bonds is 6. The van der Waals surface area contributed by atoms with Crippen LogP contribution in [0, 0.1) is 20.8 Å². The van der Waals surface area contributed by atoms with Crippen molar-refractivity contribution in [2.24, 2.45) is 0 Å². The number of carbonyl (C=O) groups is 2. The maximum absolute atomic E-state index is 13.5. The average Bonchev–Trinajstić information content (AvgIpc) is 2.75. The summed E-state index contributed by atoms with van der Waals surface area (Å²) in [6.07, 6.45) is 0. The van der Waals surface area contributed by atoms with E-state index < -0.39 is 11.9 Å². The van der Waals surface area contributed by atoms with E-state index in [-0.39, 0.29) is 12.4 Å². The van der Waals surface area contributed by atoms with Crippen LogP contribution in [-0.4, -0.2) is 11.8 Å². The molecule has 3 rings (SSSR count). The van der Waals surface area contributed by atoms with Crippen molar-refractivity contribution >= 4 is 20.9 Å². The zero-order valence-electron chi connectivity index (χ0n) is 17.6. The van der Waals surface area contributed by atoms with Gasteiger partial charge in [-0.05, 0) is 43.0 Å².